The molecule has 0 radical (unpaired) electrons. The normalized spacial score (nSPS) is 22.4. The fourth-order valence-electron chi connectivity index (χ4n) is 2.34. The highest BCUT2D eigenvalue weighted by Gasteiger charge is 2.39. The van der Waals surface area contributed by atoms with E-state index in [1.165, 1.54) is 30.3 Å². The van der Waals surface area contributed by atoms with Crippen molar-refractivity contribution >= 4 is 17.7 Å². The Morgan fingerprint density at radius 2 is 2.39 bits per heavy atom. The van der Waals surface area contributed by atoms with E-state index < -0.39 is 5.97 Å². The minimum atomic E-state index is -0.788. The molecule has 0 aromatic carbocycles. The quantitative estimate of drug-likeness (QED) is 0.805. The van der Waals surface area contributed by atoms with Crippen LogP contribution in [0.1, 0.15) is 51.3 Å². The number of aliphatic carboxylic acids is 1. The van der Waals surface area contributed by atoms with Crippen molar-refractivity contribution in [2.24, 2.45) is 5.92 Å². The highest BCUT2D eigenvalue weighted by molar-refractivity contribution is 7.99. The molecule has 1 aromatic rings. The average molecular weight is 268 g/mol. The summed E-state index contributed by atoms with van der Waals surface area (Å²) in [5.74, 6) is 0.456. The summed E-state index contributed by atoms with van der Waals surface area (Å²) in [4.78, 5) is 15.1. The van der Waals surface area contributed by atoms with Crippen LogP contribution < -0.4 is 0 Å². The van der Waals surface area contributed by atoms with Gasteiger partial charge in [-0.1, -0.05) is 39.0 Å². The number of carbonyl (C=O) groups is 1. The van der Waals surface area contributed by atoms with Crippen molar-refractivity contribution in [3.8, 4) is 0 Å². The molecule has 0 bridgehead atoms. The number of thioether (sulfide) groups is 1. The van der Waals surface area contributed by atoms with E-state index in [1.54, 1.807) is 0 Å². The number of imidazole rings is 1. The van der Waals surface area contributed by atoms with E-state index in [0.29, 0.717) is 12.0 Å². The lowest BCUT2D eigenvalue weighted by atomic mass is 10.1. The Morgan fingerprint density at radius 1 is 1.67 bits per heavy atom. The molecule has 0 amide bonds. The molecule has 1 N–H and O–H groups in total. The topological polar surface area (TPSA) is 55.1 Å². The van der Waals surface area contributed by atoms with Gasteiger partial charge in [0.05, 0.1) is 5.75 Å². The Kier molecular flexibility index (Phi) is 4.00. The lowest BCUT2D eigenvalue weighted by Gasteiger charge is -2.13. The van der Waals surface area contributed by atoms with E-state index in [4.69, 9.17) is 5.11 Å². The predicted molar refractivity (Wildman–Crippen MR) is 72.1 cm³/mol. The number of hydrogen-bond donors (Lipinski definition) is 1. The van der Waals surface area contributed by atoms with Crippen LogP contribution in [0.25, 0.3) is 0 Å². The van der Waals surface area contributed by atoms with E-state index in [0.717, 1.165) is 11.1 Å². The molecule has 1 aliphatic rings. The summed E-state index contributed by atoms with van der Waals surface area (Å²) >= 11 is 1.33. The van der Waals surface area contributed by atoms with Gasteiger partial charge in [-0.15, -0.1) is 0 Å². The maximum Gasteiger partial charge on any atom is 0.313 e. The number of aromatic nitrogens is 2. The summed E-state index contributed by atoms with van der Waals surface area (Å²) in [5, 5.41) is 9.64. The maximum absolute atomic E-state index is 10.7. The van der Waals surface area contributed by atoms with Crippen LogP contribution in [0, 0.1) is 5.92 Å². The smallest absolute Gasteiger partial charge is 0.313 e. The lowest BCUT2D eigenvalue weighted by Crippen LogP contribution is -2.07. The minimum absolute atomic E-state index is 0.0814. The van der Waals surface area contributed by atoms with Gasteiger partial charge in [-0.3, -0.25) is 4.79 Å². The molecule has 18 heavy (non-hydrogen) atoms. The van der Waals surface area contributed by atoms with Gasteiger partial charge >= 0.3 is 5.97 Å². The Hall–Kier alpha value is -0.970. The Labute approximate surface area is 112 Å². The van der Waals surface area contributed by atoms with Crippen molar-refractivity contribution in [2.45, 2.75) is 50.7 Å². The second-order valence-electron chi connectivity index (χ2n) is 5.14. The molecule has 1 aromatic heterocycles. The zero-order valence-electron chi connectivity index (χ0n) is 11.1. The Balaban J connectivity index is 2.21. The van der Waals surface area contributed by atoms with Crippen molar-refractivity contribution in [2.75, 3.05) is 5.75 Å². The van der Waals surface area contributed by atoms with Gasteiger partial charge in [-0.05, 0) is 18.3 Å². The first-order valence-electron chi connectivity index (χ1n) is 6.46. The lowest BCUT2D eigenvalue weighted by molar-refractivity contribution is -0.133. The fraction of sp³-hybridized carbons (Fsp3) is 0.692. The van der Waals surface area contributed by atoms with Crippen LogP contribution in [-0.4, -0.2) is 26.4 Å². The van der Waals surface area contributed by atoms with Crippen LogP contribution >= 0.6 is 11.8 Å². The molecule has 0 spiro atoms. The fourth-order valence-corrected chi connectivity index (χ4v) is 3.10. The van der Waals surface area contributed by atoms with Gasteiger partial charge in [0.2, 0.25) is 0 Å². The first-order valence-corrected chi connectivity index (χ1v) is 7.44. The van der Waals surface area contributed by atoms with Crippen molar-refractivity contribution in [1.82, 2.24) is 9.55 Å². The van der Waals surface area contributed by atoms with Crippen LogP contribution in [0.15, 0.2) is 11.4 Å². The van der Waals surface area contributed by atoms with Crippen LogP contribution in [0.5, 0.6) is 0 Å². The third-order valence-electron chi connectivity index (χ3n) is 3.45. The predicted octanol–water partition coefficient (Wildman–Crippen LogP) is 3.15. The van der Waals surface area contributed by atoms with Gasteiger partial charge in [0, 0.05) is 17.9 Å². The van der Waals surface area contributed by atoms with Gasteiger partial charge < -0.3 is 9.67 Å². The van der Waals surface area contributed by atoms with Crippen LogP contribution in [0.4, 0.5) is 0 Å². The third kappa shape index (κ3) is 2.71. The van der Waals surface area contributed by atoms with E-state index in [2.05, 4.69) is 30.3 Å². The molecule has 2 rings (SSSR count). The molecule has 0 saturated heterocycles. The Morgan fingerprint density at radius 3 is 2.89 bits per heavy atom. The molecule has 1 heterocycles. The van der Waals surface area contributed by atoms with Crippen molar-refractivity contribution in [3.05, 3.63) is 11.9 Å². The van der Waals surface area contributed by atoms with Gasteiger partial charge in [0.1, 0.15) is 0 Å². The number of nitrogens with zero attached hydrogens (tertiary/aromatic N) is 2. The van der Waals surface area contributed by atoms with E-state index in [-0.39, 0.29) is 5.75 Å². The molecule has 100 valence electrons. The van der Waals surface area contributed by atoms with Crippen molar-refractivity contribution in [1.29, 1.82) is 0 Å². The standard InChI is InChI=1S/C13H20N2O2S/c1-4-9-5-10(9)15-11(8(2)3)6-14-13(15)18-7-12(16)17/h6,8-10H,4-5,7H2,1-3H3,(H,16,17). The summed E-state index contributed by atoms with van der Waals surface area (Å²) in [6.45, 7) is 6.52. The molecule has 1 saturated carbocycles. The maximum atomic E-state index is 10.7. The van der Waals surface area contributed by atoms with E-state index in [1.807, 2.05) is 6.20 Å². The van der Waals surface area contributed by atoms with Crippen LogP contribution in [-0.2, 0) is 4.79 Å². The van der Waals surface area contributed by atoms with Gasteiger partial charge in [0.25, 0.3) is 0 Å². The molecule has 0 aliphatic heterocycles. The summed E-state index contributed by atoms with van der Waals surface area (Å²) in [5.41, 5.74) is 1.23. The SMILES string of the molecule is CCC1CC1n1c(C(C)C)cnc1SCC(=O)O. The largest absolute Gasteiger partial charge is 0.481 e. The first-order chi connectivity index (χ1) is 8.54. The van der Waals surface area contributed by atoms with Gasteiger partial charge in [-0.2, -0.15) is 0 Å². The molecule has 2 unspecified atom stereocenters. The van der Waals surface area contributed by atoms with Crippen LogP contribution in [0.3, 0.4) is 0 Å². The molecule has 1 fully saturated rings. The molecular weight excluding hydrogens is 248 g/mol. The van der Waals surface area contributed by atoms with Crippen LogP contribution in [0.2, 0.25) is 0 Å². The summed E-state index contributed by atoms with van der Waals surface area (Å²) in [6.07, 6.45) is 4.29. The average Bonchev–Trinajstić information content (AvgIpc) is 2.96. The number of rotatable bonds is 6. The number of carboxylic acid groups (broad SMARTS) is 1. The Bertz CT molecular complexity index is 442. The molecular formula is C13H20N2O2S. The third-order valence-corrected chi connectivity index (χ3v) is 4.40. The minimum Gasteiger partial charge on any atom is -0.481 e. The second kappa shape index (κ2) is 5.34. The zero-order valence-corrected chi connectivity index (χ0v) is 11.9. The van der Waals surface area contributed by atoms with Gasteiger partial charge in [-0.25, -0.2) is 4.98 Å². The molecule has 4 nitrogen and oxygen atoms in total. The van der Waals surface area contributed by atoms with Crippen molar-refractivity contribution in [3.63, 3.8) is 0 Å². The number of hydrogen-bond acceptors (Lipinski definition) is 3. The summed E-state index contributed by atoms with van der Waals surface area (Å²) in [6, 6.07) is 0.534. The van der Waals surface area contributed by atoms with Gasteiger partial charge in [0.15, 0.2) is 5.16 Å². The molecule has 2 atom stereocenters. The molecule has 5 heteroatoms. The summed E-state index contributed by atoms with van der Waals surface area (Å²) < 4.78 is 2.27. The summed E-state index contributed by atoms with van der Waals surface area (Å²) in [7, 11) is 0. The first kappa shape index (κ1) is 13.5. The van der Waals surface area contributed by atoms with E-state index in [9.17, 15) is 4.79 Å². The van der Waals surface area contributed by atoms with E-state index >= 15 is 0 Å². The highest BCUT2D eigenvalue weighted by atomic mass is 32.2. The molecule has 1 aliphatic carbocycles. The number of carboxylic acids is 1. The van der Waals surface area contributed by atoms with Crippen molar-refractivity contribution < 1.29 is 9.90 Å². The second-order valence-corrected chi connectivity index (χ2v) is 6.09. The highest BCUT2D eigenvalue weighted by Crippen LogP contribution is 2.48. The zero-order chi connectivity index (χ0) is 13.3. The monoisotopic (exact) mass is 268 g/mol.